The third-order valence-corrected chi connectivity index (χ3v) is 5.59. The van der Waals surface area contributed by atoms with Crippen LogP contribution in [0.2, 0.25) is 0 Å². The number of nitrogens with one attached hydrogen (secondary N) is 2. The van der Waals surface area contributed by atoms with Gasteiger partial charge in [0.25, 0.3) is 0 Å². The monoisotopic (exact) mass is 422 g/mol. The van der Waals surface area contributed by atoms with Crippen molar-refractivity contribution in [1.29, 1.82) is 0 Å². The molecule has 0 spiro atoms. The van der Waals surface area contributed by atoms with E-state index >= 15 is 0 Å². The maximum atomic E-state index is 13.1. The molecular weight excluding hydrogens is 392 g/mol. The summed E-state index contributed by atoms with van der Waals surface area (Å²) in [4.78, 5) is 40.5. The van der Waals surface area contributed by atoms with Crippen molar-refractivity contribution >= 4 is 29.1 Å². The fourth-order valence-corrected chi connectivity index (χ4v) is 3.85. The minimum atomic E-state index is -0.386. The smallest absolute Gasteiger partial charge is 0.239 e. The number of hydrogen-bond acceptors (Lipinski definition) is 4. The second kappa shape index (κ2) is 10.2. The van der Waals surface area contributed by atoms with Gasteiger partial charge in [0.15, 0.2) is 0 Å². The number of anilines is 2. The Morgan fingerprint density at radius 3 is 2.23 bits per heavy atom. The summed E-state index contributed by atoms with van der Waals surface area (Å²) in [6.07, 6.45) is 0.857. The van der Waals surface area contributed by atoms with Crippen LogP contribution in [0.1, 0.15) is 31.9 Å². The fraction of sp³-hybridized carbons (Fsp3) is 0.375. The molecule has 7 heteroatoms. The molecule has 164 valence electrons. The first-order valence-electron chi connectivity index (χ1n) is 10.6. The van der Waals surface area contributed by atoms with E-state index in [0.29, 0.717) is 31.0 Å². The molecule has 0 aromatic heterocycles. The van der Waals surface area contributed by atoms with Crippen LogP contribution in [0, 0.1) is 0 Å². The molecule has 0 saturated heterocycles. The Morgan fingerprint density at radius 2 is 1.61 bits per heavy atom. The van der Waals surface area contributed by atoms with Gasteiger partial charge in [-0.2, -0.15) is 0 Å². The molecule has 3 amide bonds. The minimum Gasteiger partial charge on any atom is -0.337 e. The quantitative estimate of drug-likeness (QED) is 0.719. The lowest BCUT2D eigenvalue weighted by atomic mass is 9.99. The molecule has 2 aromatic carbocycles. The average molecular weight is 423 g/mol. The van der Waals surface area contributed by atoms with Crippen LogP contribution in [0.15, 0.2) is 48.5 Å². The van der Waals surface area contributed by atoms with E-state index in [9.17, 15) is 14.4 Å². The second-order valence-electron chi connectivity index (χ2n) is 7.82. The fourth-order valence-electron chi connectivity index (χ4n) is 3.85. The molecular formula is C24H30N4O3. The van der Waals surface area contributed by atoms with Gasteiger partial charge in [-0.15, -0.1) is 0 Å². The molecule has 0 bridgehead atoms. The van der Waals surface area contributed by atoms with Gasteiger partial charge in [-0.3, -0.25) is 19.3 Å². The summed E-state index contributed by atoms with van der Waals surface area (Å²) in [5, 5.41) is 5.54. The number of carbonyl (C=O) groups excluding carboxylic acids is 3. The van der Waals surface area contributed by atoms with Gasteiger partial charge in [-0.25, -0.2) is 0 Å². The summed E-state index contributed by atoms with van der Waals surface area (Å²) in [6, 6.07) is 14.8. The van der Waals surface area contributed by atoms with Crippen LogP contribution >= 0.6 is 0 Å². The van der Waals surface area contributed by atoms with Crippen LogP contribution in [0.25, 0.3) is 0 Å². The van der Waals surface area contributed by atoms with Crippen molar-refractivity contribution in [3.05, 3.63) is 59.7 Å². The molecule has 7 nitrogen and oxygen atoms in total. The van der Waals surface area contributed by atoms with E-state index in [0.717, 1.165) is 6.42 Å². The maximum Gasteiger partial charge on any atom is 0.239 e. The molecule has 0 unspecified atom stereocenters. The lowest BCUT2D eigenvalue weighted by Gasteiger charge is -2.34. The summed E-state index contributed by atoms with van der Waals surface area (Å²) in [5.41, 5.74) is 3.80. The van der Waals surface area contributed by atoms with Gasteiger partial charge >= 0.3 is 0 Å². The summed E-state index contributed by atoms with van der Waals surface area (Å²) < 4.78 is 0. The van der Waals surface area contributed by atoms with Gasteiger partial charge in [0, 0.05) is 31.4 Å². The largest absolute Gasteiger partial charge is 0.337 e. The van der Waals surface area contributed by atoms with E-state index in [1.165, 1.54) is 18.1 Å². The number of amides is 3. The van der Waals surface area contributed by atoms with E-state index in [1.807, 2.05) is 35.8 Å². The number of hydrogen-bond donors (Lipinski definition) is 2. The molecule has 2 N–H and O–H groups in total. The third kappa shape index (κ3) is 5.92. The number of benzene rings is 2. The maximum absolute atomic E-state index is 13.1. The predicted octanol–water partition coefficient (Wildman–Crippen LogP) is 2.88. The Hall–Kier alpha value is -3.19. The predicted molar refractivity (Wildman–Crippen MR) is 122 cm³/mol. The molecule has 2 aromatic rings. The first kappa shape index (κ1) is 22.5. The van der Waals surface area contributed by atoms with E-state index in [2.05, 4.69) is 22.8 Å². The first-order chi connectivity index (χ1) is 14.9. The number of likely N-dealkylation sites (N-methyl/N-ethyl adjacent to an activating group) is 1. The van der Waals surface area contributed by atoms with Gasteiger partial charge in [0.05, 0.1) is 12.6 Å². The van der Waals surface area contributed by atoms with Crippen molar-refractivity contribution in [2.75, 3.05) is 30.3 Å². The van der Waals surface area contributed by atoms with Crippen LogP contribution in [0.5, 0.6) is 0 Å². The summed E-state index contributed by atoms with van der Waals surface area (Å²) in [7, 11) is 0. The SMILES string of the molecule is CCN(CC(=O)Nc1ccc(NC(C)=O)cc1)[C@@H](C)C(=O)N1CCc2ccccc2C1. The van der Waals surface area contributed by atoms with Crippen LogP contribution in [-0.4, -0.2) is 53.2 Å². The zero-order chi connectivity index (χ0) is 22.4. The average Bonchev–Trinajstić information content (AvgIpc) is 2.77. The van der Waals surface area contributed by atoms with Crippen molar-refractivity contribution in [3.63, 3.8) is 0 Å². The standard InChI is InChI=1S/C24H30N4O3/c1-4-27(16-23(30)26-22-11-9-21(10-12-22)25-18(3)29)17(2)24(31)28-14-13-19-7-5-6-8-20(19)15-28/h5-12,17H,4,13-16H2,1-3H3,(H,25,29)(H,26,30)/t17-/m0/s1. The number of carbonyl (C=O) groups is 3. The first-order valence-corrected chi connectivity index (χ1v) is 10.6. The molecule has 31 heavy (non-hydrogen) atoms. The lowest BCUT2D eigenvalue weighted by Crippen LogP contribution is -2.50. The highest BCUT2D eigenvalue weighted by Gasteiger charge is 2.28. The van der Waals surface area contributed by atoms with E-state index < -0.39 is 0 Å². The number of rotatable bonds is 7. The van der Waals surface area contributed by atoms with Crippen LogP contribution in [-0.2, 0) is 27.3 Å². The summed E-state index contributed by atoms with van der Waals surface area (Å²) in [5.74, 6) is -0.284. The van der Waals surface area contributed by atoms with Gasteiger partial charge in [0.1, 0.15) is 0 Å². The Balaban J connectivity index is 1.56. The lowest BCUT2D eigenvalue weighted by molar-refractivity contribution is -0.137. The van der Waals surface area contributed by atoms with E-state index in [4.69, 9.17) is 0 Å². The van der Waals surface area contributed by atoms with Gasteiger partial charge in [-0.05, 0) is 55.3 Å². The van der Waals surface area contributed by atoms with E-state index in [1.54, 1.807) is 24.3 Å². The minimum absolute atomic E-state index is 0.0452. The van der Waals surface area contributed by atoms with Crippen molar-refractivity contribution in [3.8, 4) is 0 Å². The van der Waals surface area contributed by atoms with Crippen molar-refractivity contribution in [1.82, 2.24) is 9.80 Å². The molecule has 0 aliphatic carbocycles. The zero-order valence-electron chi connectivity index (χ0n) is 18.4. The molecule has 0 radical (unpaired) electrons. The molecule has 0 saturated carbocycles. The van der Waals surface area contributed by atoms with E-state index in [-0.39, 0.29) is 30.3 Å². The normalized spacial score (nSPS) is 14.0. The zero-order valence-corrected chi connectivity index (χ0v) is 18.4. The van der Waals surface area contributed by atoms with Crippen molar-refractivity contribution < 1.29 is 14.4 Å². The Bertz CT molecular complexity index is 942. The number of fused-ring (bicyclic) bond motifs is 1. The van der Waals surface area contributed by atoms with Crippen LogP contribution in [0.4, 0.5) is 11.4 Å². The molecule has 3 rings (SSSR count). The summed E-state index contributed by atoms with van der Waals surface area (Å²) >= 11 is 0. The Labute approximate surface area is 183 Å². The van der Waals surface area contributed by atoms with Crippen LogP contribution < -0.4 is 10.6 Å². The Morgan fingerprint density at radius 1 is 1.00 bits per heavy atom. The number of nitrogens with zero attached hydrogens (tertiary/aromatic N) is 2. The highest BCUT2D eigenvalue weighted by molar-refractivity contribution is 5.93. The molecule has 1 heterocycles. The van der Waals surface area contributed by atoms with Gasteiger partial charge in [-0.1, -0.05) is 31.2 Å². The molecule has 1 aliphatic heterocycles. The third-order valence-electron chi connectivity index (χ3n) is 5.59. The highest BCUT2D eigenvalue weighted by Crippen LogP contribution is 2.20. The Kier molecular flexibility index (Phi) is 7.41. The molecule has 0 fully saturated rings. The van der Waals surface area contributed by atoms with Gasteiger partial charge < -0.3 is 15.5 Å². The topological polar surface area (TPSA) is 81.8 Å². The van der Waals surface area contributed by atoms with Crippen molar-refractivity contribution in [2.24, 2.45) is 0 Å². The second-order valence-corrected chi connectivity index (χ2v) is 7.82. The molecule has 1 aliphatic rings. The van der Waals surface area contributed by atoms with Crippen LogP contribution in [0.3, 0.4) is 0 Å². The van der Waals surface area contributed by atoms with Gasteiger partial charge in [0.2, 0.25) is 17.7 Å². The highest BCUT2D eigenvalue weighted by atomic mass is 16.2. The molecule has 1 atom stereocenters. The summed E-state index contributed by atoms with van der Waals surface area (Å²) in [6.45, 7) is 7.29. The van der Waals surface area contributed by atoms with Crippen molar-refractivity contribution in [2.45, 2.75) is 39.8 Å².